The van der Waals surface area contributed by atoms with Crippen molar-refractivity contribution < 1.29 is 0 Å². The zero-order chi connectivity index (χ0) is 11.0. The number of rotatable bonds is 2. The number of anilines is 1. The van der Waals surface area contributed by atoms with Crippen LogP contribution in [0.1, 0.15) is 18.4 Å². The lowest BCUT2D eigenvalue weighted by atomic mass is 10.2. The van der Waals surface area contributed by atoms with Crippen LogP contribution in [-0.4, -0.2) is 20.6 Å². The van der Waals surface area contributed by atoms with Gasteiger partial charge >= 0.3 is 0 Å². The standard InChI is InChI=1S/C12H14N4/c1-9-6-7-16-11(8-9)14-12(15-16)13-10-4-2-3-5-10/h2-3,6-8,10H,4-5H2,1H3,(H,13,15). The van der Waals surface area contributed by atoms with Gasteiger partial charge in [0.25, 0.3) is 0 Å². The molecule has 0 aromatic carbocycles. The zero-order valence-corrected chi connectivity index (χ0v) is 9.22. The molecule has 3 rings (SSSR count). The van der Waals surface area contributed by atoms with Gasteiger partial charge in [0, 0.05) is 12.2 Å². The Morgan fingerprint density at radius 3 is 3.00 bits per heavy atom. The smallest absolute Gasteiger partial charge is 0.243 e. The lowest BCUT2D eigenvalue weighted by Crippen LogP contribution is -2.15. The summed E-state index contributed by atoms with van der Waals surface area (Å²) in [6.07, 6.45) is 8.45. The Morgan fingerprint density at radius 2 is 2.19 bits per heavy atom. The highest BCUT2D eigenvalue weighted by Gasteiger charge is 2.12. The van der Waals surface area contributed by atoms with E-state index in [4.69, 9.17) is 0 Å². The molecule has 0 aliphatic heterocycles. The van der Waals surface area contributed by atoms with Crippen LogP contribution in [-0.2, 0) is 0 Å². The van der Waals surface area contributed by atoms with Crippen molar-refractivity contribution in [2.75, 3.05) is 5.32 Å². The highest BCUT2D eigenvalue weighted by Crippen LogP contribution is 2.15. The average Bonchev–Trinajstić information content (AvgIpc) is 2.86. The first-order chi connectivity index (χ1) is 7.81. The van der Waals surface area contributed by atoms with Gasteiger partial charge in [-0.2, -0.15) is 4.98 Å². The third-order valence-electron chi connectivity index (χ3n) is 2.83. The minimum absolute atomic E-state index is 0.457. The summed E-state index contributed by atoms with van der Waals surface area (Å²) in [5, 5.41) is 7.73. The summed E-state index contributed by atoms with van der Waals surface area (Å²) in [7, 11) is 0. The minimum atomic E-state index is 0.457. The fraction of sp³-hybridized carbons (Fsp3) is 0.333. The van der Waals surface area contributed by atoms with Crippen molar-refractivity contribution in [2.24, 2.45) is 0 Å². The Bertz CT molecular complexity index is 533. The Kier molecular flexibility index (Phi) is 2.13. The van der Waals surface area contributed by atoms with Gasteiger partial charge in [-0.3, -0.25) is 0 Å². The number of fused-ring (bicyclic) bond motifs is 1. The minimum Gasteiger partial charge on any atom is -0.350 e. The molecule has 0 unspecified atom stereocenters. The maximum absolute atomic E-state index is 4.45. The lowest BCUT2D eigenvalue weighted by molar-refractivity contribution is 0.771. The van der Waals surface area contributed by atoms with Gasteiger partial charge in [-0.15, -0.1) is 5.10 Å². The van der Waals surface area contributed by atoms with Crippen molar-refractivity contribution in [3.8, 4) is 0 Å². The fourth-order valence-corrected chi connectivity index (χ4v) is 1.96. The number of aromatic nitrogens is 3. The van der Waals surface area contributed by atoms with E-state index in [1.54, 1.807) is 4.52 Å². The van der Waals surface area contributed by atoms with Crippen LogP contribution in [0.2, 0.25) is 0 Å². The summed E-state index contributed by atoms with van der Waals surface area (Å²) >= 11 is 0. The van der Waals surface area contributed by atoms with E-state index in [0.29, 0.717) is 6.04 Å². The lowest BCUT2D eigenvalue weighted by Gasteiger charge is -2.08. The first-order valence-electron chi connectivity index (χ1n) is 5.56. The molecule has 0 radical (unpaired) electrons. The van der Waals surface area contributed by atoms with E-state index in [1.165, 1.54) is 5.56 Å². The molecule has 0 atom stereocenters. The van der Waals surface area contributed by atoms with Crippen molar-refractivity contribution in [1.82, 2.24) is 14.6 Å². The van der Waals surface area contributed by atoms with Crippen molar-refractivity contribution in [3.05, 3.63) is 36.0 Å². The van der Waals surface area contributed by atoms with Gasteiger partial charge in [-0.1, -0.05) is 12.2 Å². The van der Waals surface area contributed by atoms with Crippen molar-refractivity contribution in [1.29, 1.82) is 0 Å². The Labute approximate surface area is 94.0 Å². The molecule has 0 saturated heterocycles. The first kappa shape index (κ1) is 9.39. The fourth-order valence-electron chi connectivity index (χ4n) is 1.96. The molecule has 2 aromatic heterocycles. The molecule has 4 heteroatoms. The predicted molar refractivity (Wildman–Crippen MR) is 63.5 cm³/mol. The normalized spacial score (nSPS) is 16.1. The number of hydrogen-bond donors (Lipinski definition) is 1. The van der Waals surface area contributed by atoms with Gasteiger partial charge in [-0.25, -0.2) is 4.52 Å². The summed E-state index contributed by atoms with van der Waals surface area (Å²) in [5.74, 6) is 0.722. The molecule has 2 aromatic rings. The van der Waals surface area contributed by atoms with E-state index in [0.717, 1.165) is 24.4 Å². The molecule has 1 aliphatic carbocycles. The van der Waals surface area contributed by atoms with E-state index in [2.05, 4.69) is 34.5 Å². The van der Waals surface area contributed by atoms with Crippen LogP contribution in [0.3, 0.4) is 0 Å². The predicted octanol–water partition coefficient (Wildman–Crippen LogP) is 2.17. The Hall–Kier alpha value is -1.84. The van der Waals surface area contributed by atoms with Crippen LogP contribution in [0.4, 0.5) is 5.95 Å². The SMILES string of the molecule is Cc1ccn2nc(NC3CC=CC3)nc2c1. The average molecular weight is 214 g/mol. The molecule has 0 bridgehead atoms. The molecule has 4 nitrogen and oxygen atoms in total. The van der Waals surface area contributed by atoms with Crippen LogP contribution in [0, 0.1) is 6.92 Å². The number of nitrogens with zero attached hydrogens (tertiary/aromatic N) is 3. The zero-order valence-electron chi connectivity index (χ0n) is 9.22. The van der Waals surface area contributed by atoms with E-state index in [1.807, 2.05) is 18.3 Å². The quantitative estimate of drug-likeness (QED) is 0.779. The summed E-state index contributed by atoms with van der Waals surface area (Å²) in [6, 6.07) is 4.52. The second kappa shape index (κ2) is 3.63. The van der Waals surface area contributed by atoms with Crippen LogP contribution >= 0.6 is 0 Å². The van der Waals surface area contributed by atoms with E-state index in [-0.39, 0.29) is 0 Å². The highest BCUT2D eigenvalue weighted by molar-refractivity contribution is 5.45. The van der Waals surface area contributed by atoms with Gasteiger partial charge in [0.2, 0.25) is 5.95 Å². The van der Waals surface area contributed by atoms with Crippen molar-refractivity contribution in [2.45, 2.75) is 25.8 Å². The second-order valence-electron chi connectivity index (χ2n) is 4.23. The topological polar surface area (TPSA) is 42.2 Å². The molecular weight excluding hydrogens is 200 g/mol. The molecule has 0 spiro atoms. The molecule has 1 aliphatic rings. The second-order valence-corrected chi connectivity index (χ2v) is 4.23. The van der Waals surface area contributed by atoms with E-state index < -0.39 is 0 Å². The monoisotopic (exact) mass is 214 g/mol. The van der Waals surface area contributed by atoms with Crippen molar-refractivity contribution in [3.63, 3.8) is 0 Å². The van der Waals surface area contributed by atoms with Gasteiger partial charge < -0.3 is 5.32 Å². The molecule has 2 heterocycles. The Morgan fingerprint density at radius 1 is 1.38 bits per heavy atom. The molecular formula is C12H14N4. The summed E-state index contributed by atoms with van der Waals surface area (Å²) in [5.41, 5.74) is 2.10. The third-order valence-corrected chi connectivity index (χ3v) is 2.83. The van der Waals surface area contributed by atoms with Gasteiger partial charge in [0.15, 0.2) is 5.65 Å². The molecule has 0 amide bonds. The molecule has 82 valence electrons. The van der Waals surface area contributed by atoms with Gasteiger partial charge in [0.05, 0.1) is 0 Å². The van der Waals surface area contributed by atoms with Crippen LogP contribution in [0.15, 0.2) is 30.5 Å². The summed E-state index contributed by atoms with van der Waals surface area (Å²) in [6.45, 7) is 2.06. The van der Waals surface area contributed by atoms with Crippen LogP contribution in [0.25, 0.3) is 5.65 Å². The van der Waals surface area contributed by atoms with Crippen molar-refractivity contribution >= 4 is 11.6 Å². The molecule has 0 saturated carbocycles. The van der Waals surface area contributed by atoms with E-state index >= 15 is 0 Å². The van der Waals surface area contributed by atoms with Crippen LogP contribution < -0.4 is 5.32 Å². The number of aryl methyl sites for hydroxylation is 1. The van der Waals surface area contributed by atoms with Gasteiger partial charge in [-0.05, 0) is 37.5 Å². The highest BCUT2D eigenvalue weighted by atomic mass is 15.3. The van der Waals surface area contributed by atoms with E-state index in [9.17, 15) is 0 Å². The number of hydrogen-bond acceptors (Lipinski definition) is 3. The largest absolute Gasteiger partial charge is 0.350 e. The molecule has 16 heavy (non-hydrogen) atoms. The molecule has 1 N–H and O–H groups in total. The van der Waals surface area contributed by atoms with Crippen LogP contribution in [0.5, 0.6) is 0 Å². The number of pyridine rings is 1. The maximum atomic E-state index is 4.45. The number of nitrogens with one attached hydrogen (secondary N) is 1. The third kappa shape index (κ3) is 1.66. The summed E-state index contributed by atoms with van der Waals surface area (Å²) < 4.78 is 1.80. The summed E-state index contributed by atoms with van der Waals surface area (Å²) in [4.78, 5) is 4.45. The first-order valence-corrected chi connectivity index (χ1v) is 5.56. The Balaban J connectivity index is 1.87. The maximum Gasteiger partial charge on any atom is 0.243 e. The molecule has 0 fully saturated rings. The van der Waals surface area contributed by atoms with Gasteiger partial charge in [0.1, 0.15) is 0 Å².